The number of benzene rings is 1. The molecule has 0 aliphatic heterocycles. The minimum Gasteiger partial charge on any atom is -0.508 e. The predicted octanol–water partition coefficient (Wildman–Crippen LogP) is 1.61. The summed E-state index contributed by atoms with van der Waals surface area (Å²) in [6.45, 7) is 0. The molecule has 1 rings (SSSR count). The van der Waals surface area contributed by atoms with Gasteiger partial charge in [-0.2, -0.15) is 0 Å². The second kappa shape index (κ2) is 3.25. The van der Waals surface area contributed by atoms with Crippen LogP contribution in [0, 0.1) is 0 Å². The van der Waals surface area contributed by atoms with Crippen molar-refractivity contribution in [2.24, 2.45) is 0 Å². The number of phenols is 1. The second-order valence-electron chi connectivity index (χ2n) is 1.96. The summed E-state index contributed by atoms with van der Waals surface area (Å²) in [5, 5.41) is 11.7. The van der Waals surface area contributed by atoms with Crippen molar-refractivity contribution in [1.82, 2.24) is 0 Å². The van der Waals surface area contributed by atoms with Crippen LogP contribution in [0.25, 0.3) is 0 Å². The molecule has 0 saturated carbocycles. The number of halogens is 1. The number of rotatable bonds is 2. The summed E-state index contributed by atoms with van der Waals surface area (Å²) < 4.78 is 0. The number of anilines is 1. The van der Waals surface area contributed by atoms with Gasteiger partial charge in [-0.15, -0.1) is 0 Å². The molecule has 0 aliphatic rings. The average Bonchev–Trinajstić information content (AvgIpc) is 1.85. The second-order valence-corrected chi connectivity index (χ2v) is 2.40. The van der Waals surface area contributed by atoms with Gasteiger partial charge in [-0.3, -0.25) is 4.79 Å². The fraction of sp³-hybridized carbons (Fsp3) is 0. The molecule has 0 aliphatic carbocycles. The van der Waals surface area contributed by atoms with E-state index in [4.69, 9.17) is 16.7 Å². The minimum absolute atomic E-state index is 0.0295. The standard InChI is InChI=1S/C7H6ClNO2/c8-5-1-6(9-4-10)3-7(11)2-5/h1-4,11H,(H,9,10). The lowest BCUT2D eigenvalue weighted by molar-refractivity contribution is -0.105. The third-order valence-electron chi connectivity index (χ3n) is 1.11. The SMILES string of the molecule is O=CNc1cc(O)cc(Cl)c1. The highest BCUT2D eigenvalue weighted by Crippen LogP contribution is 2.22. The predicted molar refractivity (Wildman–Crippen MR) is 42.8 cm³/mol. The van der Waals surface area contributed by atoms with Crippen molar-refractivity contribution in [1.29, 1.82) is 0 Å². The van der Waals surface area contributed by atoms with E-state index in [2.05, 4.69) is 5.32 Å². The van der Waals surface area contributed by atoms with E-state index in [9.17, 15) is 4.79 Å². The van der Waals surface area contributed by atoms with E-state index in [1.807, 2.05) is 0 Å². The van der Waals surface area contributed by atoms with Crippen LogP contribution in [-0.4, -0.2) is 11.5 Å². The normalized spacial score (nSPS) is 9.18. The number of phenolic OH excluding ortho intramolecular Hbond substituents is 1. The van der Waals surface area contributed by atoms with Crippen molar-refractivity contribution in [3.8, 4) is 5.75 Å². The number of hydrogen-bond acceptors (Lipinski definition) is 2. The van der Waals surface area contributed by atoms with E-state index in [1.54, 1.807) is 0 Å². The van der Waals surface area contributed by atoms with Crippen LogP contribution in [0.4, 0.5) is 5.69 Å². The van der Waals surface area contributed by atoms with Gasteiger partial charge < -0.3 is 10.4 Å². The Labute approximate surface area is 68.6 Å². The highest BCUT2D eigenvalue weighted by molar-refractivity contribution is 6.31. The Morgan fingerprint density at radius 2 is 2.18 bits per heavy atom. The van der Waals surface area contributed by atoms with Crippen molar-refractivity contribution in [2.75, 3.05) is 5.32 Å². The molecule has 4 heteroatoms. The van der Waals surface area contributed by atoms with Gasteiger partial charge in [0.05, 0.1) is 0 Å². The molecule has 58 valence electrons. The molecule has 3 nitrogen and oxygen atoms in total. The first-order valence-corrected chi connectivity index (χ1v) is 3.30. The van der Waals surface area contributed by atoms with Crippen molar-refractivity contribution >= 4 is 23.7 Å². The molecule has 0 radical (unpaired) electrons. The molecule has 0 unspecified atom stereocenters. The average molecular weight is 172 g/mol. The van der Waals surface area contributed by atoms with Gasteiger partial charge in [0, 0.05) is 16.8 Å². The Morgan fingerprint density at radius 3 is 2.73 bits per heavy atom. The summed E-state index contributed by atoms with van der Waals surface area (Å²) in [4.78, 5) is 9.96. The Kier molecular flexibility index (Phi) is 2.33. The number of amides is 1. The molecule has 0 heterocycles. The highest BCUT2D eigenvalue weighted by atomic mass is 35.5. The van der Waals surface area contributed by atoms with Crippen molar-refractivity contribution in [3.63, 3.8) is 0 Å². The maximum absolute atomic E-state index is 9.96. The van der Waals surface area contributed by atoms with Crippen LogP contribution in [0.2, 0.25) is 5.02 Å². The van der Waals surface area contributed by atoms with E-state index >= 15 is 0 Å². The summed E-state index contributed by atoms with van der Waals surface area (Å²) in [7, 11) is 0. The molecule has 1 aromatic rings. The molecule has 0 fully saturated rings. The van der Waals surface area contributed by atoms with E-state index < -0.39 is 0 Å². The molecule has 11 heavy (non-hydrogen) atoms. The summed E-state index contributed by atoms with van der Waals surface area (Å²) in [5.74, 6) is 0.0295. The van der Waals surface area contributed by atoms with Gasteiger partial charge in [-0.1, -0.05) is 11.6 Å². The maximum atomic E-state index is 9.96. The summed E-state index contributed by atoms with van der Waals surface area (Å²) >= 11 is 5.57. The monoisotopic (exact) mass is 171 g/mol. The molecule has 1 amide bonds. The molecule has 2 N–H and O–H groups in total. The van der Waals surface area contributed by atoms with Crippen LogP contribution >= 0.6 is 11.6 Å². The number of carbonyl (C=O) groups is 1. The quantitative estimate of drug-likeness (QED) is 0.665. The summed E-state index contributed by atoms with van der Waals surface area (Å²) in [6, 6.07) is 4.33. The first-order chi connectivity index (χ1) is 5.22. The minimum atomic E-state index is 0.0295. The summed E-state index contributed by atoms with van der Waals surface area (Å²) in [5.41, 5.74) is 0.477. The molecule has 0 aromatic heterocycles. The topological polar surface area (TPSA) is 49.3 Å². The van der Waals surface area contributed by atoms with Crippen LogP contribution in [0.3, 0.4) is 0 Å². The summed E-state index contributed by atoms with van der Waals surface area (Å²) in [6.07, 6.45) is 0.519. The third-order valence-corrected chi connectivity index (χ3v) is 1.33. The first kappa shape index (κ1) is 7.88. The van der Waals surface area contributed by atoms with Crippen molar-refractivity contribution < 1.29 is 9.90 Å². The first-order valence-electron chi connectivity index (χ1n) is 2.92. The van der Waals surface area contributed by atoms with Crippen LogP contribution in [0.1, 0.15) is 0 Å². The molecular weight excluding hydrogens is 166 g/mol. The van der Waals surface area contributed by atoms with E-state index in [0.29, 0.717) is 17.1 Å². The lowest BCUT2D eigenvalue weighted by Gasteiger charge is -1.99. The zero-order chi connectivity index (χ0) is 8.27. The largest absolute Gasteiger partial charge is 0.508 e. The van der Waals surface area contributed by atoms with Gasteiger partial charge in [-0.25, -0.2) is 0 Å². The maximum Gasteiger partial charge on any atom is 0.211 e. The smallest absolute Gasteiger partial charge is 0.211 e. The Bertz CT molecular complexity index is 255. The molecule has 0 atom stereocenters. The van der Waals surface area contributed by atoms with Gasteiger partial charge in [0.25, 0.3) is 0 Å². The fourth-order valence-electron chi connectivity index (χ4n) is 0.726. The lowest BCUT2D eigenvalue weighted by atomic mass is 10.3. The van der Waals surface area contributed by atoms with Gasteiger partial charge in [0.2, 0.25) is 6.41 Å². The van der Waals surface area contributed by atoms with Gasteiger partial charge in [0.15, 0.2) is 0 Å². The zero-order valence-electron chi connectivity index (χ0n) is 5.54. The Morgan fingerprint density at radius 1 is 1.45 bits per heavy atom. The Balaban J connectivity index is 2.98. The zero-order valence-corrected chi connectivity index (χ0v) is 6.30. The number of hydrogen-bond donors (Lipinski definition) is 2. The highest BCUT2D eigenvalue weighted by Gasteiger charge is 1.95. The number of aromatic hydroxyl groups is 1. The third kappa shape index (κ3) is 2.13. The van der Waals surface area contributed by atoms with Crippen LogP contribution < -0.4 is 5.32 Å². The molecule has 0 bridgehead atoms. The van der Waals surface area contributed by atoms with Crippen molar-refractivity contribution in [2.45, 2.75) is 0 Å². The van der Waals surface area contributed by atoms with E-state index in [-0.39, 0.29) is 5.75 Å². The van der Waals surface area contributed by atoms with Crippen LogP contribution in [-0.2, 0) is 4.79 Å². The Hall–Kier alpha value is -1.22. The molecule has 0 spiro atoms. The molecular formula is C7H6ClNO2. The van der Waals surface area contributed by atoms with Gasteiger partial charge in [0.1, 0.15) is 5.75 Å². The van der Waals surface area contributed by atoms with Crippen LogP contribution in [0.5, 0.6) is 5.75 Å². The molecule has 0 saturated heterocycles. The fourth-order valence-corrected chi connectivity index (χ4v) is 0.955. The van der Waals surface area contributed by atoms with Gasteiger partial charge >= 0.3 is 0 Å². The van der Waals surface area contributed by atoms with E-state index in [1.165, 1.54) is 18.2 Å². The molecule has 1 aromatic carbocycles. The number of nitrogens with one attached hydrogen (secondary N) is 1. The van der Waals surface area contributed by atoms with Crippen molar-refractivity contribution in [3.05, 3.63) is 23.2 Å². The lowest BCUT2D eigenvalue weighted by Crippen LogP contribution is -1.92. The van der Waals surface area contributed by atoms with Gasteiger partial charge in [-0.05, 0) is 12.1 Å². The number of carbonyl (C=O) groups excluding carboxylic acids is 1. The van der Waals surface area contributed by atoms with E-state index in [0.717, 1.165) is 0 Å². The van der Waals surface area contributed by atoms with Crippen LogP contribution in [0.15, 0.2) is 18.2 Å².